The van der Waals surface area contributed by atoms with Crippen LogP contribution in [0.4, 0.5) is 0 Å². The van der Waals surface area contributed by atoms with E-state index in [1.807, 2.05) is 0 Å². The molecule has 5 unspecified atom stereocenters. The van der Waals surface area contributed by atoms with E-state index < -0.39 is 53.6 Å². The van der Waals surface area contributed by atoms with Gasteiger partial charge in [0.2, 0.25) is 5.91 Å². The minimum atomic E-state index is -1.79. The summed E-state index contributed by atoms with van der Waals surface area (Å²) >= 11 is 3.92. The summed E-state index contributed by atoms with van der Waals surface area (Å²) < 4.78 is 4.97. The molecule has 0 aliphatic heterocycles. The van der Waals surface area contributed by atoms with Crippen LogP contribution in [-0.4, -0.2) is 64.6 Å². The lowest BCUT2D eigenvalue weighted by Gasteiger charge is -2.30. The van der Waals surface area contributed by atoms with Crippen LogP contribution in [0.1, 0.15) is 20.3 Å². The molecule has 0 fully saturated rings. The highest BCUT2D eigenvalue weighted by Crippen LogP contribution is 2.32. The number of carboxylic acids is 3. The predicted molar refractivity (Wildman–Crippen MR) is 90.5 cm³/mol. The summed E-state index contributed by atoms with van der Waals surface area (Å²) in [4.78, 5) is 47.0. The van der Waals surface area contributed by atoms with Crippen LogP contribution in [-0.2, 0) is 23.9 Å². The lowest BCUT2D eigenvalue weighted by molar-refractivity contribution is -0.166. The van der Waals surface area contributed by atoms with Crippen LogP contribution in [0.2, 0.25) is 0 Å². The van der Waals surface area contributed by atoms with Gasteiger partial charge in [0, 0.05) is 25.3 Å². The molecule has 0 spiro atoms. The molecule has 0 heterocycles. The first-order valence-electron chi connectivity index (χ1n) is 7.68. The molecular formula is C15H25NO8S. The van der Waals surface area contributed by atoms with E-state index >= 15 is 0 Å². The minimum Gasteiger partial charge on any atom is -0.481 e. The maximum absolute atomic E-state index is 12.1. The summed E-state index contributed by atoms with van der Waals surface area (Å²) in [5, 5.41) is 30.8. The Kier molecular flexibility index (Phi) is 10.1. The Bertz CT molecular complexity index is 498. The first kappa shape index (κ1) is 23.2. The molecule has 0 aliphatic rings. The van der Waals surface area contributed by atoms with Gasteiger partial charge in [-0.25, -0.2) is 0 Å². The number of hydrogen-bond donors (Lipinski definition) is 5. The standard InChI is InChI=1S/C15H25NO8S/c1-7(24-3)6-9(13(18)19)11(15(22)23)10(14(20)21)8(2)12(17)16-4-5-25/h7-11,25H,4-6H2,1-3H3,(H,16,17)(H,18,19)(H,20,21)(H,22,23). The molecular weight excluding hydrogens is 354 g/mol. The van der Waals surface area contributed by atoms with Gasteiger partial charge in [0.15, 0.2) is 0 Å². The molecule has 0 saturated heterocycles. The van der Waals surface area contributed by atoms with Gasteiger partial charge < -0.3 is 25.4 Å². The van der Waals surface area contributed by atoms with Crippen LogP contribution < -0.4 is 5.32 Å². The van der Waals surface area contributed by atoms with Crippen molar-refractivity contribution in [2.75, 3.05) is 19.4 Å². The van der Waals surface area contributed by atoms with Crippen LogP contribution in [0.25, 0.3) is 0 Å². The van der Waals surface area contributed by atoms with Gasteiger partial charge in [0.1, 0.15) is 0 Å². The minimum absolute atomic E-state index is 0.180. The fraction of sp³-hybridized carbons (Fsp3) is 0.733. The molecule has 144 valence electrons. The molecule has 0 aromatic heterocycles. The van der Waals surface area contributed by atoms with Gasteiger partial charge in [-0.05, 0) is 13.3 Å². The van der Waals surface area contributed by atoms with Crippen LogP contribution in [0.3, 0.4) is 0 Å². The predicted octanol–water partition coefficient (Wildman–Crippen LogP) is 0.196. The molecule has 0 aromatic rings. The number of thiol groups is 1. The van der Waals surface area contributed by atoms with Crippen molar-refractivity contribution in [3.05, 3.63) is 0 Å². The Labute approximate surface area is 151 Å². The van der Waals surface area contributed by atoms with E-state index in [0.29, 0.717) is 5.75 Å². The van der Waals surface area contributed by atoms with Crippen LogP contribution in [0.5, 0.6) is 0 Å². The second kappa shape index (κ2) is 10.9. The van der Waals surface area contributed by atoms with Crippen molar-refractivity contribution in [2.24, 2.45) is 23.7 Å². The first-order chi connectivity index (χ1) is 11.6. The first-order valence-corrected chi connectivity index (χ1v) is 8.31. The zero-order chi connectivity index (χ0) is 19.7. The van der Waals surface area contributed by atoms with Crippen molar-refractivity contribution in [2.45, 2.75) is 26.4 Å². The highest BCUT2D eigenvalue weighted by molar-refractivity contribution is 7.80. The average Bonchev–Trinajstić information content (AvgIpc) is 2.53. The van der Waals surface area contributed by atoms with E-state index in [2.05, 4.69) is 17.9 Å². The van der Waals surface area contributed by atoms with Gasteiger partial charge in [0.25, 0.3) is 0 Å². The fourth-order valence-corrected chi connectivity index (χ4v) is 2.72. The second-order valence-electron chi connectivity index (χ2n) is 5.76. The van der Waals surface area contributed by atoms with Crippen molar-refractivity contribution in [1.82, 2.24) is 5.32 Å². The SMILES string of the molecule is COC(C)CC(C(=O)O)C(C(=O)O)C(C(=O)O)C(C)C(=O)NCCS. The lowest BCUT2D eigenvalue weighted by Crippen LogP contribution is -2.47. The van der Waals surface area contributed by atoms with Crippen molar-refractivity contribution in [3.63, 3.8) is 0 Å². The molecule has 9 nitrogen and oxygen atoms in total. The average molecular weight is 379 g/mol. The largest absolute Gasteiger partial charge is 0.481 e. The number of rotatable bonds is 12. The summed E-state index contributed by atoms with van der Waals surface area (Å²) in [6.07, 6.45) is -0.789. The Morgan fingerprint density at radius 2 is 1.52 bits per heavy atom. The number of carbonyl (C=O) groups excluding carboxylic acids is 1. The van der Waals surface area contributed by atoms with Crippen LogP contribution in [0, 0.1) is 23.7 Å². The molecule has 0 radical (unpaired) electrons. The van der Waals surface area contributed by atoms with Crippen molar-refractivity contribution >= 4 is 36.4 Å². The number of nitrogens with one attached hydrogen (secondary N) is 1. The number of ether oxygens (including phenoxy) is 1. The maximum Gasteiger partial charge on any atom is 0.308 e. The molecule has 0 bridgehead atoms. The van der Waals surface area contributed by atoms with Gasteiger partial charge in [-0.3, -0.25) is 19.2 Å². The van der Waals surface area contributed by atoms with E-state index in [0.717, 1.165) is 0 Å². The normalized spacial score (nSPS) is 17.0. The maximum atomic E-state index is 12.1. The van der Waals surface area contributed by atoms with E-state index in [9.17, 15) is 34.5 Å². The van der Waals surface area contributed by atoms with Gasteiger partial charge in [-0.1, -0.05) is 6.92 Å². The van der Waals surface area contributed by atoms with Crippen LogP contribution in [0.15, 0.2) is 0 Å². The number of amides is 1. The molecule has 5 atom stereocenters. The monoisotopic (exact) mass is 379 g/mol. The Morgan fingerprint density at radius 1 is 1.00 bits per heavy atom. The van der Waals surface area contributed by atoms with E-state index in [4.69, 9.17) is 4.74 Å². The highest BCUT2D eigenvalue weighted by Gasteiger charge is 2.47. The Hall–Kier alpha value is -1.81. The van der Waals surface area contributed by atoms with Crippen molar-refractivity contribution in [1.29, 1.82) is 0 Å². The molecule has 0 aliphatic carbocycles. The van der Waals surface area contributed by atoms with E-state index in [1.165, 1.54) is 14.0 Å². The smallest absolute Gasteiger partial charge is 0.308 e. The third-order valence-electron chi connectivity index (χ3n) is 4.06. The molecule has 0 rings (SSSR count). The number of methoxy groups -OCH3 is 1. The number of aliphatic carboxylic acids is 3. The fourth-order valence-electron chi connectivity index (χ4n) is 2.61. The topological polar surface area (TPSA) is 150 Å². The Morgan fingerprint density at radius 3 is 1.88 bits per heavy atom. The molecule has 0 aromatic carbocycles. The third-order valence-corrected chi connectivity index (χ3v) is 4.28. The van der Waals surface area contributed by atoms with Crippen LogP contribution >= 0.6 is 12.6 Å². The summed E-state index contributed by atoms with van der Waals surface area (Å²) in [5.74, 6) is -11.2. The van der Waals surface area contributed by atoms with Crippen molar-refractivity contribution in [3.8, 4) is 0 Å². The number of hydrogen-bond acceptors (Lipinski definition) is 6. The molecule has 1 amide bonds. The number of carbonyl (C=O) groups is 4. The zero-order valence-electron chi connectivity index (χ0n) is 14.3. The number of carboxylic acid groups (broad SMARTS) is 3. The molecule has 0 saturated carbocycles. The highest BCUT2D eigenvalue weighted by atomic mass is 32.1. The second-order valence-corrected chi connectivity index (χ2v) is 6.21. The lowest BCUT2D eigenvalue weighted by atomic mass is 9.73. The molecule has 4 N–H and O–H groups in total. The van der Waals surface area contributed by atoms with E-state index in [1.54, 1.807) is 6.92 Å². The summed E-state index contributed by atoms with van der Waals surface area (Å²) in [7, 11) is 1.33. The van der Waals surface area contributed by atoms with E-state index in [-0.39, 0.29) is 13.0 Å². The zero-order valence-corrected chi connectivity index (χ0v) is 15.2. The quantitative estimate of drug-likeness (QED) is 0.302. The summed E-state index contributed by atoms with van der Waals surface area (Å²) in [6, 6.07) is 0. The molecule has 25 heavy (non-hydrogen) atoms. The van der Waals surface area contributed by atoms with Gasteiger partial charge in [-0.15, -0.1) is 0 Å². The third kappa shape index (κ3) is 6.91. The van der Waals surface area contributed by atoms with Gasteiger partial charge in [0.05, 0.1) is 23.9 Å². The molecule has 10 heteroatoms. The summed E-state index contributed by atoms with van der Waals surface area (Å²) in [6.45, 7) is 2.99. The van der Waals surface area contributed by atoms with Gasteiger partial charge in [-0.2, -0.15) is 12.6 Å². The Balaban J connectivity index is 5.77. The van der Waals surface area contributed by atoms with Gasteiger partial charge >= 0.3 is 17.9 Å². The van der Waals surface area contributed by atoms with Crippen molar-refractivity contribution < 1.29 is 39.2 Å². The summed E-state index contributed by atoms with van der Waals surface area (Å²) in [5.41, 5.74) is 0.